The number of nitrogen functional groups attached to an aromatic ring is 1. The van der Waals surface area contributed by atoms with E-state index in [2.05, 4.69) is 41.2 Å². The summed E-state index contributed by atoms with van der Waals surface area (Å²) in [6, 6.07) is 0. The Balaban J connectivity index is 2.36. The second-order valence-corrected chi connectivity index (χ2v) is 5.22. The maximum Gasteiger partial charge on any atom is 0.169 e. The van der Waals surface area contributed by atoms with Crippen molar-refractivity contribution in [3.8, 4) is 0 Å². The molecule has 0 fully saturated rings. The van der Waals surface area contributed by atoms with Gasteiger partial charge in [0.05, 0.1) is 5.69 Å². The van der Waals surface area contributed by atoms with Gasteiger partial charge >= 0.3 is 0 Å². The van der Waals surface area contributed by atoms with Crippen molar-refractivity contribution in [3.63, 3.8) is 0 Å². The Kier molecular flexibility index (Phi) is 3.06. The quantitative estimate of drug-likeness (QED) is 0.870. The van der Waals surface area contributed by atoms with Gasteiger partial charge in [-0.2, -0.15) is 5.10 Å². The lowest BCUT2D eigenvalue weighted by molar-refractivity contribution is 0.483. The van der Waals surface area contributed by atoms with Gasteiger partial charge in [0.15, 0.2) is 5.82 Å². The summed E-state index contributed by atoms with van der Waals surface area (Å²) < 4.78 is 3.63. The van der Waals surface area contributed by atoms with E-state index in [4.69, 9.17) is 5.73 Å². The fraction of sp³-hybridized carbons (Fsp3) is 0.636. The van der Waals surface area contributed by atoms with Crippen LogP contribution < -0.4 is 5.73 Å². The molecule has 0 aliphatic rings. The van der Waals surface area contributed by atoms with Gasteiger partial charge in [-0.05, 0) is 6.92 Å². The number of rotatable bonds is 3. The molecule has 7 heteroatoms. The first-order chi connectivity index (χ1) is 8.43. The maximum absolute atomic E-state index is 5.89. The van der Waals surface area contributed by atoms with E-state index in [1.54, 1.807) is 11.0 Å². The van der Waals surface area contributed by atoms with E-state index >= 15 is 0 Å². The van der Waals surface area contributed by atoms with Crippen molar-refractivity contribution in [1.82, 2.24) is 29.8 Å². The van der Waals surface area contributed by atoms with E-state index in [0.29, 0.717) is 12.4 Å². The van der Waals surface area contributed by atoms with E-state index in [0.717, 1.165) is 18.1 Å². The molecule has 2 rings (SSSR count). The minimum absolute atomic E-state index is 0.106. The number of nitrogens with zero attached hydrogens (tertiary/aromatic N) is 6. The third-order valence-corrected chi connectivity index (χ3v) is 2.76. The van der Waals surface area contributed by atoms with Crippen LogP contribution >= 0.6 is 0 Å². The Labute approximate surface area is 106 Å². The predicted octanol–water partition coefficient (Wildman–Crippen LogP) is 0.817. The average molecular weight is 249 g/mol. The lowest BCUT2D eigenvalue weighted by Gasteiger charge is -2.19. The first kappa shape index (κ1) is 12.5. The van der Waals surface area contributed by atoms with Gasteiger partial charge in [-0.1, -0.05) is 26.0 Å². The minimum atomic E-state index is -0.106. The highest BCUT2D eigenvalue weighted by molar-refractivity contribution is 5.38. The Morgan fingerprint density at radius 1 is 1.28 bits per heavy atom. The highest BCUT2D eigenvalue weighted by Crippen LogP contribution is 2.26. The second kappa shape index (κ2) is 4.40. The van der Waals surface area contributed by atoms with E-state index in [1.165, 1.54) is 0 Å². The summed E-state index contributed by atoms with van der Waals surface area (Å²) in [6.45, 7) is 9.60. The van der Waals surface area contributed by atoms with Crippen LogP contribution in [0.2, 0.25) is 0 Å². The first-order valence-electron chi connectivity index (χ1n) is 5.99. The van der Waals surface area contributed by atoms with Crippen LogP contribution in [0.3, 0.4) is 0 Å². The topological polar surface area (TPSA) is 87.4 Å². The Morgan fingerprint density at radius 2 is 2.00 bits per heavy atom. The molecule has 0 aromatic carbocycles. The number of aryl methyl sites for hydroxylation is 1. The zero-order chi connectivity index (χ0) is 13.3. The van der Waals surface area contributed by atoms with Gasteiger partial charge in [-0.15, -0.1) is 5.10 Å². The van der Waals surface area contributed by atoms with Gasteiger partial charge < -0.3 is 5.73 Å². The van der Waals surface area contributed by atoms with Gasteiger partial charge in [0.25, 0.3) is 0 Å². The normalized spacial score (nSPS) is 12.0. The summed E-state index contributed by atoms with van der Waals surface area (Å²) in [5.41, 5.74) is 6.71. The molecule has 0 aliphatic heterocycles. The fourth-order valence-corrected chi connectivity index (χ4v) is 2.02. The van der Waals surface area contributed by atoms with Crippen molar-refractivity contribution in [1.29, 1.82) is 0 Å². The molecule has 0 unspecified atom stereocenters. The van der Waals surface area contributed by atoms with E-state index in [1.807, 2.05) is 11.6 Å². The summed E-state index contributed by atoms with van der Waals surface area (Å²) in [4.78, 5) is 4.24. The van der Waals surface area contributed by atoms with Gasteiger partial charge in [-0.3, -0.25) is 0 Å². The molecule has 0 amide bonds. The average Bonchev–Trinajstić information content (AvgIpc) is 2.84. The molecule has 0 spiro atoms. The molecule has 2 N–H and O–H groups in total. The Hall–Kier alpha value is -1.92. The molecule has 7 nitrogen and oxygen atoms in total. The van der Waals surface area contributed by atoms with Crippen molar-refractivity contribution < 1.29 is 0 Å². The zero-order valence-corrected chi connectivity index (χ0v) is 11.3. The molecule has 0 saturated heterocycles. The molecule has 0 aliphatic carbocycles. The molecule has 2 aromatic heterocycles. The first-order valence-corrected chi connectivity index (χ1v) is 5.99. The van der Waals surface area contributed by atoms with E-state index < -0.39 is 0 Å². The molecular weight excluding hydrogens is 230 g/mol. The molecular formula is C11H19N7. The van der Waals surface area contributed by atoms with E-state index in [-0.39, 0.29) is 5.41 Å². The lowest BCUT2D eigenvalue weighted by atomic mass is 9.92. The molecule has 0 atom stereocenters. The van der Waals surface area contributed by atoms with Gasteiger partial charge in [0.1, 0.15) is 18.7 Å². The summed E-state index contributed by atoms with van der Waals surface area (Å²) >= 11 is 0. The van der Waals surface area contributed by atoms with Crippen molar-refractivity contribution in [2.75, 3.05) is 5.73 Å². The van der Waals surface area contributed by atoms with Crippen LogP contribution in [0.15, 0.2) is 6.33 Å². The van der Waals surface area contributed by atoms with Crippen LogP contribution in [0.4, 0.5) is 5.82 Å². The second-order valence-electron chi connectivity index (χ2n) is 5.22. The highest BCUT2D eigenvalue weighted by Gasteiger charge is 2.24. The summed E-state index contributed by atoms with van der Waals surface area (Å²) in [7, 11) is 0. The fourth-order valence-electron chi connectivity index (χ4n) is 2.02. The standard InChI is InChI=1S/C11H19N7/c1-5-17-8(13-7-14-17)6-18-9(11(2,3)4)10(12)15-16-18/h7H,5-6,12H2,1-4H3. The van der Waals surface area contributed by atoms with Crippen molar-refractivity contribution >= 4 is 5.82 Å². The highest BCUT2D eigenvalue weighted by atomic mass is 15.5. The van der Waals surface area contributed by atoms with Crippen LogP contribution in [0.25, 0.3) is 0 Å². The number of hydrogen-bond acceptors (Lipinski definition) is 5. The largest absolute Gasteiger partial charge is 0.381 e. The van der Waals surface area contributed by atoms with Gasteiger partial charge in [0, 0.05) is 12.0 Å². The van der Waals surface area contributed by atoms with Crippen molar-refractivity contribution in [3.05, 3.63) is 17.8 Å². The van der Waals surface area contributed by atoms with E-state index in [9.17, 15) is 0 Å². The smallest absolute Gasteiger partial charge is 0.169 e. The van der Waals surface area contributed by atoms with Gasteiger partial charge in [-0.25, -0.2) is 14.3 Å². The molecule has 2 aromatic rings. The predicted molar refractivity (Wildman–Crippen MR) is 67.9 cm³/mol. The molecule has 0 saturated carbocycles. The van der Waals surface area contributed by atoms with Crippen LogP contribution in [0.5, 0.6) is 0 Å². The summed E-state index contributed by atoms with van der Waals surface area (Å²) in [5, 5.41) is 12.2. The van der Waals surface area contributed by atoms with Gasteiger partial charge in [0.2, 0.25) is 0 Å². The Morgan fingerprint density at radius 3 is 2.61 bits per heavy atom. The lowest BCUT2D eigenvalue weighted by Crippen LogP contribution is -2.21. The Bertz CT molecular complexity index is 532. The molecule has 0 radical (unpaired) electrons. The zero-order valence-electron chi connectivity index (χ0n) is 11.3. The SMILES string of the molecule is CCn1ncnc1Cn1nnc(N)c1C(C)(C)C. The molecule has 18 heavy (non-hydrogen) atoms. The third-order valence-electron chi connectivity index (χ3n) is 2.76. The summed E-state index contributed by atoms with van der Waals surface area (Å²) in [5.74, 6) is 1.33. The van der Waals surface area contributed by atoms with Crippen LogP contribution in [-0.2, 0) is 18.5 Å². The monoisotopic (exact) mass is 249 g/mol. The molecule has 98 valence electrons. The number of nitrogens with two attached hydrogens (primary N) is 1. The van der Waals surface area contributed by atoms with Crippen LogP contribution in [0.1, 0.15) is 39.2 Å². The van der Waals surface area contributed by atoms with Crippen molar-refractivity contribution in [2.24, 2.45) is 0 Å². The maximum atomic E-state index is 5.89. The number of hydrogen-bond donors (Lipinski definition) is 1. The number of anilines is 1. The van der Waals surface area contributed by atoms with Crippen molar-refractivity contribution in [2.45, 2.75) is 46.2 Å². The van der Waals surface area contributed by atoms with Crippen LogP contribution in [0, 0.1) is 0 Å². The third kappa shape index (κ3) is 2.20. The summed E-state index contributed by atoms with van der Waals surface area (Å²) in [6.07, 6.45) is 1.55. The number of aromatic nitrogens is 6. The minimum Gasteiger partial charge on any atom is -0.381 e. The molecule has 2 heterocycles. The van der Waals surface area contributed by atoms with Crippen LogP contribution in [-0.4, -0.2) is 29.8 Å². The molecule has 0 bridgehead atoms.